The molecule has 0 amide bonds. The van der Waals surface area contributed by atoms with Crippen molar-refractivity contribution >= 4 is 29.3 Å². The van der Waals surface area contributed by atoms with Gasteiger partial charge in [0.2, 0.25) is 0 Å². The van der Waals surface area contributed by atoms with Gasteiger partial charge in [0.15, 0.2) is 6.23 Å². The molecule has 1 aliphatic heterocycles. The zero-order chi connectivity index (χ0) is 23.1. The van der Waals surface area contributed by atoms with Gasteiger partial charge in [-0.25, -0.2) is 18.5 Å². The van der Waals surface area contributed by atoms with Gasteiger partial charge in [0.05, 0.1) is 6.61 Å². The predicted molar refractivity (Wildman–Crippen MR) is 93.4 cm³/mol. The van der Waals surface area contributed by atoms with E-state index >= 15 is 0 Å². The highest BCUT2D eigenvalue weighted by molar-refractivity contribution is 7.66. The average molecular weight is 497 g/mol. The fraction of sp³-hybridized carbons (Fsp3) is 0.600. The number of nitrogens with zero attached hydrogens (tertiary/aromatic N) is 2. The number of nitrogen functional groups attached to an aromatic ring is 1. The molecule has 8 N–H and O–H groups in total. The summed E-state index contributed by atoms with van der Waals surface area (Å²) in [6.07, 6.45) is -6.51. The van der Waals surface area contributed by atoms with Gasteiger partial charge in [-0.3, -0.25) is 9.09 Å². The van der Waals surface area contributed by atoms with Crippen molar-refractivity contribution in [2.75, 3.05) is 12.3 Å². The molecule has 0 aliphatic carbocycles. The lowest BCUT2D eigenvalue weighted by atomic mass is 10.1. The Hall–Kier alpha value is -1.03. The largest absolute Gasteiger partial charge is 0.490 e. The fourth-order valence-electron chi connectivity index (χ4n) is 2.49. The summed E-state index contributed by atoms with van der Waals surface area (Å²) in [4.78, 5) is 50.9. The summed E-state index contributed by atoms with van der Waals surface area (Å²) in [5.74, 6) is -0.106. The van der Waals surface area contributed by atoms with E-state index in [0.29, 0.717) is 0 Å². The number of hydrogen-bond donors (Lipinski definition) is 7. The molecule has 1 aromatic heterocycles. The molecule has 1 aromatic rings. The van der Waals surface area contributed by atoms with Crippen LogP contribution < -0.4 is 11.4 Å². The van der Waals surface area contributed by atoms with E-state index < -0.39 is 60.3 Å². The molecule has 17 nitrogen and oxygen atoms in total. The van der Waals surface area contributed by atoms with E-state index in [9.17, 15) is 33.6 Å². The van der Waals surface area contributed by atoms with Gasteiger partial charge in [0, 0.05) is 5.69 Å². The van der Waals surface area contributed by atoms with E-state index in [1.807, 2.05) is 0 Å². The first-order valence-electron chi connectivity index (χ1n) is 7.67. The van der Waals surface area contributed by atoms with Gasteiger partial charge >= 0.3 is 29.2 Å². The van der Waals surface area contributed by atoms with Crippen LogP contribution in [0.25, 0.3) is 0 Å². The lowest BCUT2D eigenvalue weighted by molar-refractivity contribution is -0.0550. The highest BCUT2D eigenvalue weighted by atomic mass is 31.3. The molecule has 1 fully saturated rings. The Bertz CT molecular complexity index is 992. The number of hydrogen-bond acceptors (Lipinski definition) is 12. The van der Waals surface area contributed by atoms with E-state index in [1.54, 1.807) is 0 Å². The van der Waals surface area contributed by atoms with Crippen molar-refractivity contribution in [2.24, 2.45) is 0 Å². The molecular formula is C10H18N3O14P3. The molecule has 0 aromatic carbocycles. The third-order valence-electron chi connectivity index (χ3n) is 3.58. The van der Waals surface area contributed by atoms with Gasteiger partial charge in [0.25, 0.3) is 0 Å². The van der Waals surface area contributed by atoms with E-state index in [2.05, 4.69) is 18.1 Å². The number of rotatable bonds is 8. The summed E-state index contributed by atoms with van der Waals surface area (Å²) in [6.45, 7) is 0.413. The van der Waals surface area contributed by atoms with E-state index in [4.69, 9.17) is 25.2 Å². The zero-order valence-corrected chi connectivity index (χ0v) is 17.5. The quantitative estimate of drug-likeness (QED) is 0.193. The molecule has 1 saturated heterocycles. The van der Waals surface area contributed by atoms with Crippen LogP contribution in [0.15, 0.2) is 10.9 Å². The molecule has 2 heterocycles. The monoisotopic (exact) mass is 497 g/mol. The maximum Gasteiger partial charge on any atom is 0.490 e. The SMILES string of the molecule is Cc1cc(N)nc(=O)n1[C@@H]1O[C@H](COP(=O)(O)OP(=O)(O)OP(=O)(O)O)[C@@H](O)[C@H]1O. The molecule has 0 radical (unpaired) electrons. The van der Waals surface area contributed by atoms with Gasteiger partial charge in [-0.05, 0) is 13.0 Å². The second-order valence-electron chi connectivity index (χ2n) is 5.91. The van der Waals surface area contributed by atoms with Gasteiger partial charge in [-0.15, -0.1) is 0 Å². The molecule has 0 bridgehead atoms. The molecule has 20 heteroatoms. The first-order chi connectivity index (χ1) is 13.5. The van der Waals surface area contributed by atoms with E-state index in [0.717, 1.165) is 4.57 Å². The van der Waals surface area contributed by atoms with Crippen molar-refractivity contribution in [3.05, 3.63) is 22.2 Å². The van der Waals surface area contributed by atoms with Gasteiger partial charge in [-0.2, -0.15) is 13.6 Å². The van der Waals surface area contributed by atoms with Crippen molar-refractivity contribution in [1.29, 1.82) is 0 Å². The number of phosphoric ester groups is 1. The van der Waals surface area contributed by atoms with Crippen LogP contribution in [-0.2, 0) is 31.6 Å². The van der Waals surface area contributed by atoms with Gasteiger partial charge < -0.3 is 40.3 Å². The molecule has 0 spiro atoms. The number of aliphatic hydroxyl groups is 2. The van der Waals surface area contributed by atoms with Crippen LogP contribution in [-0.4, -0.2) is 64.3 Å². The Labute approximate surface area is 167 Å². The van der Waals surface area contributed by atoms with Crippen LogP contribution in [0.5, 0.6) is 0 Å². The minimum absolute atomic E-state index is 0.106. The third kappa shape index (κ3) is 6.48. The summed E-state index contributed by atoms with van der Waals surface area (Å²) in [6, 6.07) is 1.28. The smallest absolute Gasteiger partial charge is 0.387 e. The Morgan fingerprint density at radius 1 is 1.13 bits per heavy atom. The number of aliphatic hydroxyl groups excluding tert-OH is 2. The molecule has 2 rings (SSSR count). The number of anilines is 1. The second kappa shape index (κ2) is 8.84. The van der Waals surface area contributed by atoms with Crippen molar-refractivity contribution in [3.63, 3.8) is 0 Å². The highest BCUT2D eigenvalue weighted by Gasteiger charge is 2.47. The molecule has 172 valence electrons. The second-order valence-corrected chi connectivity index (χ2v) is 10.3. The van der Waals surface area contributed by atoms with Crippen LogP contribution in [0.2, 0.25) is 0 Å². The minimum Gasteiger partial charge on any atom is -0.387 e. The maximum absolute atomic E-state index is 12.0. The van der Waals surface area contributed by atoms with Gasteiger partial charge in [-0.1, -0.05) is 0 Å². The Kier molecular flexibility index (Phi) is 7.44. The number of aryl methyl sites for hydroxylation is 1. The number of nitrogens with two attached hydrogens (primary N) is 1. The van der Waals surface area contributed by atoms with Gasteiger partial charge in [0.1, 0.15) is 24.1 Å². The first kappa shape index (κ1) is 25.2. The van der Waals surface area contributed by atoms with Crippen LogP contribution in [0.1, 0.15) is 11.9 Å². The molecule has 2 unspecified atom stereocenters. The van der Waals surface area contributed by atoms with Crippen molar-refractivity contribution in [2.45, 2.75) is 31.5 Å². The Morgan fingerprint density at radius 2 is 1.73 bits per heavy atom. The molecule has 30 heavy (non-hydrogen) atoms. The number of aromatic nitrogens is 2. The molecular weight excluding hydrogens is 479 g/mol. The van der Waals surface area contributed by atoms with Crippen LogP contribution in [0, 0.1) is 6.92 Å². The Morgan fingerprint density at radius 3 is 2.27 bits per heavy atom. The fourth-order valence-corrected chi connectivity index (χ4v) is 5.52. The van der Waals surface area contributed by atoms with E-state index in [1.165, 1.54) is 13.0 Å². The summed E-state index contributed by atoms with van der Waals surface area (Å²) < 4.78 is 51.1. The van der Waals surface area contributed by atoms with E-state index in [-0.39, 0.29) is 11.5 Å². The van der Waals surface area contributed by atoms with Crippen molar-refractivity contribution < 1.29 is 61.4 Å². The average Bonchev–Trinajstić information content (AvgIpc) is 2.77. The van der Waals surface area contributed by atoms with Crippen molar-refractivity contribution in [1.82, 2.24) is 9.55 Å². The summed E-state index contributed by atoms with van der Waals surface area (Å²) in [5, 5.41) is 20.2. The first-order valence-corrected chi connectivity index (χ1v) is 12.2. The van der Waals surface area contributed by atoms with Crippen molar-refractivity contribution in [3.8, 4) is 0 Å². The Balaban J connectivity index is 2.10. The minimum atomic E-state index is -5.72. The summed E-state index contributed by atoms with van der Waals surface area (Å²) >= 11 is 0. The highest BCUT2D eigenvalue weighted by Crippen LogP contribution is 2.66. The topological polar surface area (TPSA) is 270 Å². The predicted octanol–water partition coefficient (Wildman–Crippen LogP) is -1.90. The van der Waals surface area contributed by atoms with Crippen LogP contribution in [0.4, 0.5) is 5.82 Å². The van der Waals surface area contributed by atoms with Crippen LogP contribution >= 0.6 is 23.5 Å². The number of phosphoric acid groups is 3. The van der Waals surface area contributed by atoms with Crippen LogP contribution in [0.3, 0.4) is 0 Å². The molecule has 0 saturated carbocycles. The normalized spacial score (nSPS) is 28.8. The number of ether oxygens (including phenoxy) is 1. The standard InChI is InChI=1S/C10H18N3O14P3/c1-4-2-6(11)12-10(16)13(4)9-8(15)7(14)5(25-9)3-24-29(20,21)27-30(22,23)26-28(17,18)19/h2,5,7-9,14-15H,3H2,1H3,(H,20,21)(H,22,23)(H2,11,12,16)(H2,17,18,19)/t5-,7-,8-,9-/m1/s1. The molecule has 1 aliphatic rings. The summed E-state index contributed by atoms with van der Waals surface area (Å²) in [5.41, 5.74) is 4.71. The summed E-state index contributed by atoms with van der Waals surface area (Å²) in [7, 11) is -16.7. The molecule has 6 atom stereocenters. The third-order valence-corrected chi connectivity index (χ3v) is 7.38. The lowest BCUT2D eigenvalue weighted by Gasteiger charge is -2.20. The zero-order valence-electron chi connectivity index (χ0n) is 14.9. The maximum atomic E-state index is 12.0. The lowest BCUT2D eigenvalue weighted by Crippen LogP contribution is -2.37.